The maximum absolute atomic E-state index is 9.10. The Morgan fingerprint density at radius 2 is 2.14 bits per heavy atom. The summed E-state index contributed by atoms with van der Waals surface area (Å²) in [6.45, 7) is 8.29. The van der Waals surface area contributed by atoms with Crippen molar-refractivity contribution >= 4 is 5.84 Å². The average Bonchev–Trinajstić information content (AvgIpc) is 2.15. The summed E-state index contributed by atoms with van der Waals surface area (Å²) in [5, 5.41) is 17.1. The zero-order valence-corrected chi connectivity index (χ0v) is 9.51. The van der Waals surface area contributed by atoms with E-state index in [1.165, 1.54) is 0 Å². The number of nitrogens with zero attached hydrogens (tertiary/aromatic N) is 1. The Labute approximate surface area is 86.6 Å². The maximum atomic E-state index is 9.10. The predicted molar refractivity (Wildman–Crippen MR) is 58.6 cm³/mol. The Balaban J connectivity index is 2.56. The molecule has 0 amide bonds. The molecular weight excluding hydrogens is 176 g/mol. The molecule has 0 aromatic rings. The van der Waals surface area contributed by atoms with Gasteiger partial charge in [-0.05, 0) is 18.8 Å². The van der Waals surface area contributed by atoms with Gasteiger partial charge in [-0.3, -0.25) is 5.41 Å². The first kappa shape index (κ1) is 11.5. The van der Waals surface area contributed by atoms with E-state index in [1.807, 2.05) is 0 Å². The van der Waals surface area contributed by atoms with E-state index in [1.54, 1.807) is 0 Å². The van der Waals surface area contributed by atoms with Crippen LogP contribution in [0.15, 0.2) is 0 Å². The summed E-state index contributed by atoms with van der Waals surface area (Å²) in [4.78, 5) is 2.12. The van der Waals surface area contributed by atoms with Crippen LogP contribution in [0.25, 0.3) is 0 Å². The van der Waals surface area contributed by atoms with E-state index < -0.39 is 0 Å². The summed E-state index contributed by atoms with van der Waals surface area (Å²) in [5.74, 6) is 1.07. The molecule has 3 nitrogen and oxygen atoms in total. The fourth-order valence-corrected chi connectivity index (χ4v) is 1.89. The highest BCUT2D eigenvalue weighted by Crippen LogP contribution is 2.23. The smallest absolute Gasteiger partial charge is 0.101 e. The summed E-state index contributed by atoms with van der Waals surface area (Å²) in [6, 6.07) is 0. The van der Waals surface area contributed by atoms with Gasteiger partial charge in [-0.25, -0.2) is 0 Å². The first-order chi connectivity index (χ1) is 6.45. The van der Waals surface area contributed by atoms with Crippen LogP contribution in [-0.4, -0.2) is 35.5 Å². The van der Waals surface area contributed by atoms with Crippen LogP contribution in [-0.2, 0) is 0 Å². The van der Waals surface area contributed by atoms with Crippen molar-refractivity contribution in [1.82, 2.24) is 4.90 Å². The number of hydrogen-bond acceptors (Lipinski definition) is 2. The molecule has 0 radical (unpaired) electrons. The van der Waals surface area contributed by atoms with Gasteiger partial charge in [0.25, 0.3) is 0 Å². The molecule has 1 fully saturated rings. The predicted octanol–water partition coefficient (Wildman–Crippen LogP) is 1.71. The van der Waals surface area contributed by atoms with E-state index in [0.717, 1.165) is 25.9 Å². The van der Waals surface area contributed by atoms with Crippen LogP contribution < -0.4 is 0 Å². The van der Waals surface area contributed by atoms with Gasteiger partial charge < -0.3 is 10.0 Å². The number of aliphatic hydroxyl groups is 1. The molecular formula is C11H22N2O. The molecule has 0 spiro atoms. The molecule has 0 aromatic carbocycles. The van der Waals surface area contributed by atoms with Gasteiger partial charge in [0.15, 0.2) is 0 Å². The quantitative estimate of drug-likeness (QED) is 0.498. The Hall–Kier alpha value is -0.570. The number of likely N-dealkylation sites (tertiary alicyclic amines) is 1. The molecule has 14 heavy (non-hydrogen) atoms. The molecule has 82 valence electrons. The summed E-state index contributed by atoms with van der Waals surface area (Å²) >= 11 is 0. The van der Waals surface area contributed by atoms with Crippen molar-refractivity contribution in [2.45, 2.75) is 33.6 Å². The topological polar surface area (TPSA) is 47.3 Å². The molecule has 1 saturated heterocycles. The molecule has 1 atom stereocenters. The van der Waals surface area contributed by atoms with Gasteiger partial charge >= 0.3 is 0 Å². The van der Waals surface area contributed by atoms with E-state index in [9.17, 15) is 0 Å². The zero-order valence-electron chi connectivity index (χ0n) is 9.51. The summed E-state index contributed by atoms with van der Waals surface area (Å²) < 4.78 is 0. The fraction of sp³-hybridized carbons (Fsp3) is 0.909. The Morgan fingerprint density at radius 1 is 1.50 bits per heavy atom. The maximum Gasteiger partial charge on any atom is 0.101 e. The second-order valence-electron chi connectivity index (χ2n) is 5.24. The van der Waals surface area contributed by atoms with Crippen molar-refractivity contribution in [2.24, 2.45) is 11.3 Å². The number of hydrogen-bond donors (Lipinski definition) is 2. The molecule has 1 rings (SSSR count). The van der Waals surface area contributed by atoms with Gasteiger partial charge in [0.1, 0.15) is 5.84 Å². The van der Waals surface area contributed by atoms with E-state index in [4.69, 9.17) is 10.5 Å². The van der Waals surface area contributed by atoms with E-state index in [2.05, 4.69) is 25.7 Å². The van der Waals surface area contributed by atoms with Crippen LogP contribution >= 0.6 is 0 Å². The van der Waals surface area contributed by atoms with Gasteiger partial charge in [0.2, 0.25) is 0 Å². The summed E-state index contributed by atoms with van der Waals surface area (Å²) in [6.07, 6.45) is 2.20. The van der Waals surface area contributed by atoms with Crippen LogP contribution in [0.2, 0.25) is 0 Å². The molecule has 0 saturated carbocycles. The van der Waals surface area contributed by atoms with Crippen molar-refractivity contribution in [2.75, 3.05) is 19.7 Å². The lowest BCUT2D eigenvalue weighted by Crippen LogP contribution is -2.45. The molecule has 1 heterocycles. The number of piperidine rings is 1. The van der Waals surface area contributed by atoms with Crippen molar-refractivity contribution in [3.05, 3.63) is 0 Å². The van der Waals surface area contributed by atoms with Crippen molar-refractivity contribution < 1.29 is 5.11 Å². The minimum atomic E-state index is -0.0721. The largest absolute Gasteiger partial charge is 0.396 e. The van der Waals surface area contributed by atoms with Crippen LogP contribution in [0, 0.1) is 16.7 Å². The highest BCUT2D eigenvalue weighted by molar-refractivity contribution is 5.84. The third-order valence-electron chi connectivity index (χ3n) is 2.80. The molecule has 2 N–H and O–H groups in total. The Morgan fingerprint density at radius 3 is 2.64 bits per heavy atom. The van der Waals surface area contributed by atoms with Gasteiger partial charge in [-0.15, -0.1) is 0 Å². The lowest BCUT2D eigenvalue weighted by atomic mass is 9.91. The molecule has 3 heteroatoms. The lowest BCUT2D eigenvalue weighted by Gasteiger charge is -2.38. The third-order valence-corrected chi connectivity index (χ3v) is 2.80. The number of aliphatic hydroxyl groups excluding tert-OH is 1. The average molecular weight is 198 g/mol. The van der Waals surface area contributed by atoms with Crippen molar-refractivity contribution in [3.63, 3.8) is 0 Å². The molecule has 0 bridgehead atoms. The van der Waals surface area contributed by atoms with E-state index >= 15 is 0 Å². The SMILES string of the molecule is CC(C)(C)C(=N)N1CCCC(CO)C1. The van der Waals surface area contributed by atoms with Crippen LogP contribution in [0.3, 0.4) is 0 Å². The molecule has 1 aliphatic heterocycles. The van der Waals surface area contributed by atoms with Crippen LogP contribution in [0.5, 0.6) is 0 Å². The molecule has 0 aromatic heterocycles. The number of rotatable bonds is 1. The summed E-state index contributed by atoms with van der Waals surface area (Å²) in [7, 11) is 0. The second-order valence-corrected chi connectivity index (χ2v) is 5.24. The van der Waals surface area contributed by atoms with Gasteiger partial charge in [-0.1, -0.05) is 20.8 Å². The highest BCUT2D eigenvalue weighted by Gasteiger charge is 2.27. The Bertz CT molecular complexity index is 208. The minimum absolute atomic E-state index is 0.0721. The Kier molecular flexibility index (Phi) is 3.53. The third kappa shape index (κ3) is 2.71. The zero-order chi connectivity index (χ0) is 10.8. The van der Waals surface area contributed by atoms with Gasteiger partial charge in [0, 0.05) is 25.1 Å². The molecule has 1 unspecified atom stereocenters. The van der Waals surface area contributed by atoms with Gasteiger partial charge in [0.05, 0.1) is 0 Å². The monoisotopic (exact) mass is 198 g/mol. The van der Waals surface area contributed by atoms with Crippen molar-refractivity contribution in [3.8, 4) is 0 Å². The second kappa shape index (κ2) is 4.30. The van der Waals surface area contributed by atoms with Gasteiger partial charge in [-0.2, -0.15) is 0 Å². The van der Waals surface area contributed by atoms with Crippen LogP contribution in [0.1, 0.15) is 33.6 Å². The van der Waals surface area contributed by atoms with E-state index in [0.29, 0.717) is 11.8 Å². The summed E-state index contributed by atoms with van der Waals surface area (Å²) in [5.41, 5.74) is -0.0721. The normalized spacial score (nSPS) is 23.7. The first-order valence-electron chi connectivity index (χ1n) is 5.40. The molecule has 0 aliphatic carbocycles. The van der Waals surface area contributed by atoms with Crippen LogP contribution in [0.4, 0.5) is 0 Å². The van der Waals surface area contributed by atoms with E-state index in [-0.39, 0.29) is 12.0 Å². The number of nitrogens with one attached hydrogen (secondary N) is 1. The highest BCUT2D eigenvalue weighted by atomic mass is 16.3. The first-order valence-corrected chi connectivity index (χ1v) is 5.40. The standard InChI is InChI=1S/C11H22N2O/c1-11(2,3)10(12)13-6-4-5-9(7-13)8-14/h9,12,14H,4-8H2,1-3H3. The lowest BCUT2D eigenvalue weighted by molar-refractivity contribution is 0.154. The van der Waals surface area contributed by atoms with Crippen molar-refractivity contribution in [1.29, 1.82) is 5.41 Å². The molecule has 1 aliphatic rings. The number of amidine groups is 1. The minimum Gasteiger partial charge on any atom is -0.396 e. The fourth-order valence-electron chi connectivity index (χ4n) is 1.89.